The Morgan fingerprint density at radius 2 is 2.08 bits per heavy atom. The average Bonchev–Trinajstić information content (AvgIpc) is 3.14. The maximum atomic E-state index is 11.9. The second kappa shape index (κ2) is 5.06. The zero-order valence-corrected chi connectivity index (χ0v) is 15.1. The molecule has 24 heavy (non-hydrogen) atoms. The van der Waals surface area contributed by atoms with Crippen LogP contribution in [0.2, 0.25) is 0 Å². The maximum Gasteiger partial charge on any atom is 0.155 e. The van der Waals surface area contributed by atoms with E-state index < -0.39 is 0 Å². The molecule has 5 aliphatic rings. The third-order valence-electron chi connectivity index (χ3n) is 8.65. The van der Waals surface area contributed by atoms with Gasteiger partial charge in [-0.15, -0.1) is 0 Å². The van der Waals surface area contributed by atoms with Crippen LogP contribution in [0.25, 0.3) is 0 Å². The van der Waals surface area contributed by atoms with Gasteiger partial charge in [0.2, 0.25) is 0 Å². The van der Waals surface area contributed by atoms with E-state index >= 15 is 0 Å². The fourth-order valence-electron chi connectivity index (χ4n) is 7.62. The summed E-state index contributed by atoms with van der Waals surface area (Å²) >= 11 is 0. The van der Waals surface area contributed by atoms with Crippen molar-refractivity contribution in [1.29, 1.82) is 0 Å². The Morgan fingerprint density at radius 1 is 1.21 bits per heavy atom. The van der Waals surface area contributed by atoms with Crippen molar-refractivity contribution < 1.29 is 9.53 Å². The van der Waals surface area contributed by atoms with E-state index in [-0.39, 0.29) is 5.60 Å². The van der Waals surface area contributed by atoms with E-state index in [2.05, 4.69) is 26.0 Å². The molecule has 0 bridgehead atoms. The Morgan fingerprint density at radius 3 is 2.88 bits per heavy atom. The maximum absolute atomic E-state index is 11.9. The lowest BCUT2D eigenvalue weighted by Crippen LogP contribution is -2.54. The van der Waals surface area contributed by atoms with Gasteiger partial charge in [0.1, 0.15) is 0 Å². The standard InChI is InChI=1S/C22H30O2/c1-14-12-15-13-16(23)4-5-17(15)18-6-9-21(2)19(20(14)18)7-10-22(21)8-3-11-24-22/h3,8,13-14,17-20H,4-7,9-12H2,1-2H3/t14-,17?,18?,19?,20?,21+,22?/m1/s1. The van der Waals surface area contributed by atoms with Crippen LogP contribution in [0.5, 0.6) is 0 Å². The number of allylic oxidation sites excluding steroid dienone is 1. The van der Waals surface area contributed by atoms with Gasteiger partial charge >= 0.3 is 0 Å². The Hall–Kier alpha value is -0.890. The number of carbonyl (C=O) groups is 1. The minimum absolute atomic E-state index is 0.0288. The van der Waals surface area contributed by atoms with Crippen LogP contribution in [0.15, 0.2) is 23.8 Å². The summed E-state index contributed by atoms with van der Waals surface area (Å²) in [6, 6.07) is 0. The Kier molecular flexibility index (Phi) is 3.24. The topological polar surface area (TPSA) is 26.3 Å². The molecule has 0 saturated heterocycles. The Balaban J connectivity index is 1.51. The average molecular weight is 326 g/mol. The van der Waals surface area contributed by atoms with Gasteiger partial charge in [-0.05, 0) is 74.2 Å². The summed E-state index contributed by atoms with van der Waals surface area (Å²) in [6.07, 6.45) is 14.9. The summed E-state index contributed by atoms with van der Waals surface area (Å²) in [5.74, 6) is 4.23. The molecule has 0 N–H and O–H groups in total. The number of ketones is 1. The quantitative estimate of drug-likeness (QED) is 0.603. The van der Waals surface area contributed by atoms with Crippen molar-refractivity contribution >= 4 is 5.78 Å². The number of carbonyl (C=O) groups excluding carboxylic acids is 1. The monoisotopic (exact) mass is 326 g/mol. The van der Waals surface area contributed by atoms with E-state index in [0.717, 1.165) is 43.6 Å². The fraction of sp³-hybridized carbons (Fsp3) is 0.773. The predicted octanol–water partition coefficient (Wildman–Crippen LogP) is 4.70. The number of rotatable bonds is 0. The molecular formula is C22H30O2. The van der Waals surface area contributed by atoms with E-state index in [1.54, 1.807) is 0 Å². The van der Waals surface area contributed by atoms with Crippen molar-refractivity contribution in [3.63, 3.8) is 0 Å². The van der Waals surface area contributed by atoms with Gasteiger partial charge in [-0.1, -0.05) is 31.6 Å². The minimum Gasteiger partial charge on any atom is -0.366 e. The smallest absolute Gasteiger partial charge is 0.155 e. The van der Waals surface area contributed by atoms with Crippen molar-refractivity contribution in [3.05, 3.63) is 23.8 Å². The van der Waals surface area contributed by atoms with Crippen molar-refractivity contribution in [1.82, 2.24) is 0 Å². The lowest BCUT2D eigenvalue weighted by atomic mass is 9.48. The fourth-order valence-corrected chi connectivity index (χ4v) is 7.62. The van der Waals surface area contributed by atoms with E-state index in [4.69, 9.17) is 4.74 Å². The molecule has 130 valence electrons. The van der Waals surface area contributed by atoms with Crippen LogP contribution < -0.4 is 0 Å². The SMILES string of the molecule is C[C@@H]1CC2=CC(=O)CCC2C2CC[C@@]3(C)C(CCC34C=CCO4)C21. The van der Waals surface area contributed by atoms with Gasteiger partial charge in [-0.3, -0.25) is 4.79 Å². The first-order valence-corrected chi connectivity index (χ1v) is 10.1. The number of ether oxygens (including phenoxy) is 1. The zero-order chi connectivity index (χ0) is 16.5. The molecule has 7 atom stereocenters. The van der Waals surface area contributed by atoms with Crippen LogP contribution in [-0.4, -0.2) is 18.0 Å². The molecule has 2 nitrogen and oxygen atoms in total. The van der Waals surface area contributed by atoms with Crippen LogP contribution in [0.1, 0.15) is 58.8 Å². The molecule has 5 rings (SSSR count). The molecule has 5 unspecified atom stereocenters. The molecule has 0 amide bonds. The highest BCUT2D eigenvalue weighted by molar-refractivity contribution is 5.91. The minimum atomic E-state index is 0.0288. The lowest BCUT2D eigenvalue weighted by Gasteiger charge is -2.57. The normalized spacial score (nSPS) is 52.8. The third-order valence-corrected chi connectivity index (χ3v) is 8.65. The van der Waals surface area contributed by atoms with E-state index in [1.165, 1.54) is 31.3 Å². The third kappa shape index (κ3) is 1.84. The predicted molar refractivity (Wildman–Crippen MR) is 94.5 cm³/mol. The Bertz CT molecular complexity index is 632. The highest BCUT2D eigenvalue weighted by Crippen LogP contribution is 2.67. The van der Waals surface area contributed by atoms with Gasteiger partial charge in [0.05, 0.1) is 12.2 Å². The summed E-state index contributed by atoms with van der Waals surface area (Å²) in [4.78, 5) is 11.9. The summed E-state index contributed by atoms with van der Waals surface area (Å²) in [7, 11) is 0. The van der Waals surface area contributed by atoms with Crippen LogP contribution in [0.4, 0.5) is 0 Å². The van der Waals surface area contributed by atoms with Crippen LogP contribution in [-0.2, 0) is 9.53 Å². The highest BCUT2D eigenvalue weighted by atomic mass is 16.5. The van der Waals surface area contributed by atoms with Crippen LogP contribution in [0.3, 0.4) is 0 Å². The van der Waals surface area contributed by atoms with Crippen molar-refractivity contribution in [2.75, 3.05) is 6.61 Å². The van der Waals surface area contributed by atoms with Gasteiger partial charge < -0.3 is 4.74 Å². The summed E-state index contributed by atoms with van der Waals surface area (Å²) < 4.78 is 6.34. The van der Waals surface area contributed by atoms with Gasteiger partial charge in [-0.25, -0.2) is 0 Å². The molecular weight excluding hydrogens is 296 g/mol. The van der Waals surface area contributed by atoms with Crippen LogP contribution >= 0.6 is 0 Å². The molecule has 0 aromatic carbocycles. The molecule has 1 heterocycles. The molecule has 4 aliphatic carbocycles. The second-order valence-electron chi connectivity index (χ2n) is 9.46. The Labute approximate surface area is 145 Å². The number of hydrogen-bond donors (Lipinski definition) is 0. The molecule has 0 aromatic rings. The highest BCUT2D eigenvalue weighted by Gasteiger charge is 2.64. The van der Waals surface area contributed by atoms with Crippen molar-refractivity contribution in [2.24, 2.45) is 35.0 Å². The van der Waals surface area contributed by atoms with Crippen molar-refractivity contribution in [3.8, 4) is 0 Å². The lowest BCUT2D eigenvalue weighted by molar-refractivity contribution is -0.123. The second-order valence-corrected chi connectivity index (χ2v) is 9.46. The molecule has 1 spiro atoms. The van der Waals surface area contributed by atoms with Gasteiger partial charge in [-0.2, -0.15) is 0 Å². The molecule has 3 fully saturated rings. The van der Waals surface area contributed by atoms with Gasteiger partial charge in [0, 0.05) is 11.8 Å². The number of fused-ring (bicyclic) bond motifs is 6. The van der Waals surface area contributed by atoms with E-state index in [0.29, 0.717) is 23.0 Å². The van der Waals surface area contributed by atoms with E-state index in [9.17, 15) is 4.79 Å². The summed E-state index contributed by atoms with van der Waals surface area (Å²) in [5, 5.41) is 0. The van der Waals surface area contributed by atoms with Crippen LogP contribution in [0, 0.1) is 35.0 Å². The van der Waals surface area contributed by atoms with Gasteiger partial charge in [0.15, 0.2) is 5.78 Å². The van der Waals surface area contributed by atoms with Crippen molar-refractivity contribution in [2.45, 2.75) is 64.4 Å². The zero-order valence-electron chi connectivity index (χ0n) is 15.1. The molecule has 1 aliphatic heterocycles. The molecule has 3 saturated carbocycles. The summed E-state index contributed by atoms with van der Waals surface area (Å²) in [5.41, 5.74) is 1.84. The first-order valence-electron chi connectivity index (χ1n) is 10.1. The van der Waals surface area contributed by atoms with E-state index in [1.807, 2.05) is 6.08 Å². The molecule has 0 aromatic heterocycles. The summed E-state index contributed by atoms with van der Waals surface area (Å²) in [6.45, 7) is 5.79. The van der Waals surface area contributed by atoms with Gasteiger partial charge in [0.25, 0.3) is 0 Å². The largest absolute Gasteiger partial charge is 0.366 e. The molecule has 0 radical (unpaired) electrons. The first kappa shape index (κ1) is 15.4. The number of hydrogen-bond acceptors (Lipinski definition) is 2. The first-order chi connectivity index (χ1) is 11.5. The molecule has 2 heteroatoms.